The van der Waals surface area contributed by atoms with Crippen LogP contribution in [0.1, 0.15) is 45.6 Å². The average Bonchev–Trinajstić information content (AvgIpc) is 3.24. The average molecular weight is 361 g/mol. The number of carbonyl (C=O) groups is 2. The number of likely N-dealkylation sites (tertiary alicyclic amines) is 1. The molecule has 1 aliphatic heterocycles. The molecule has 0 saturated carbocycles. The first-order valence-corrected chi connectivity index (χ1v) is 9.27. The third kappa shape index (κ3) is 3.93. The number of rotatable bonds is 4. The molecule has 2 atom stereocenters. The lowest BCUT2D eigenvalue weighted by molar-refractivity contribution is 0.0665. The zero-order valence-corrected chi connectivity index (χ0v) is 15.3. The van der Waals surface area contributed by atoms with Crippen LogP contribution in [0.2, 0.25) is 0 Å². The van der Waals surface area contributed by atoms with Gasteiger partial charge in [-0.05, 0) is 56.4 Å². The number of hydrogen-bond acceptors (Lipinski definition) is 5. The van der Waals surface area contributed by atoms with E-state index in [1.165, 1.54) is 17.6 Å². The van der Waals surface area contributed by atoms with Crippen LogP contribution in [0.25, 0.3) is 0 Å². The van der Waals surface area contributed by atoms with Crippen molar-refractivity contribution in [2.45, 2.75) is 32.7 Å². The number of carbonyl (C=O) groups excluding carboxylic acids is 2. The number of nitrogens with zero attached hydrogens (tertiary/aromatic N) is 1. The van der Waals surface area contributed by atoms with Crippen LogP contribution in [0.5, 0.6) is 0 Å². The maximum absolute atomic E-state index is 12.9. The van der Waals surface area contributed by atoms with E-state index in [1.807, 2.05) is 24.8 Å². The van der Waals surface area contributed by atoms with Gasteiger partial charge in [-0.15, -0.1) is 11.3 Å². The molecule has 0 bridgehead atoms. The molecule has 0 spiro atoms. The zero-order chi connectivity index (χ0) is 18.0. The van der Waals surface area contributed by atoms with E-state index in [2.05, 4.69) is 5.32 Å². The van der Waals surface area contributed by atoms with Crippen LogP contribution in [0.4, 0.5) is 5.00 Å². The summed E-state index contributed by atoms with van der Waals surface area (Å²) in [6.45, 7) is 5.34. The summed E-state index contributed by atoms with van der Waals surface area (Å²) in [5.74, 6) is 0.289. The molecule has 1 fully saturated rings. The molecule has 3 heterocycles. The Hall–Kier alpha value is -2.12. The Morgan fingerprint density at radius 1 is 1.48 bits per heavy atom. The molecule has 25 heavy (non-hydrogen) atoms. The zero-order valence-electron chi connectivity index (χ0n) is 14.5. The fourth-order valence-electron chi connectivity index (χ4n) is 3.10. The molecular formula is C18H23N3O3S. The standard InChI is InChI=1S/C18H23N3O3S/c1-11-9-15(20-17(22)14-6-4-8-24-14)25-16(11)18(23)21-7-3-5-13(10-21)12(2)19/h4,6,8-9,12-13H,3,5,7,10,19H2,1-2H3,(H,20,22). The minimum atomic E-state index is -0.319. The highest BCUT2D eigenvalue weighted by Gasteiger charge is 2.28. The number of piperidine rings is 1. The Kier molecular flexibility index (Phi) is 5.24. The maximum atomic E-state index is 12.9. The molecule has 2 aromatic rings. The highest BCUT2D eigenvalue weighted by molar-refractivity contribution is 7.18. The van der Waals surface area contributed by atoms with Gasteiger partial charge in [0.25, 0.3) is 11.8 Å². The normalized spacial score (nSPS) is 18.8. The summed E-state index contributed by atoms with van der Waals surface area (Å²) in [4.78, 5) is 27.5. The van der Waals surface area contributed by atoms with Crippen molar-refractivity contribution in [2.75, 3.05) is 18.4 Å². The van der Waals surface area contributed by atoms with Crippen molar-refractivity contribution >= 4 is 28.2 Å². The van der Waals surface area contributed by atoms with E-state index in [1.54, 1.807) is 12.1 Å². The van der Waals surface area contributed by atoms with E-state index in [0.29, 0.717) is 22.3 Å². The van der Waals surface area contributed by atoms with Gasteiger partial charge in [0.1, 0.15) is 0 Å². The Balaban J connectivity index is 1.71. The van der Waals surface area contributed by atoms with Crippen LogP contribution in [0.3, 0.4) is 0 Å². The first-order valence-electron chi connectivity index (χ1n) is 8.46. The predicted octanol–water partition coefficient (Wildman–Crippen LogP) is 3.10. The monoisotopic (exact) mass is 361 g/mol. The number of furan rings is 1. The van der Waals surface area contributed by atoms with E-state index in [9.17, 15) is 9.59 Å². The van der Waals surface area contributed by atoms with Crippen molar-refractivity contribution in [2.24, 2.45) is 11.7 Å². The lowest BCUT2D eigenvalue weighted by Gasteiger charge is -2.34. The van der Waals surface area contributed by atoms with E-state index < -0.39 is 0 Å². The van der Waals surface area contributed by atoms with Gasteiger partial charge >= 0.3 is 0 Å². The number of amides is 2. The van der Waals surface area contributed by atoms with Crippen LogP contribution >= 0.6 is 11.3 Å². The molecule has 2 amide bonds. The molecule has 134 valence electrons. The summed E-state index contributed by atoms with van der Waals surface area (Å²) < 4.78 is 5.09. The van der Waals surface area contributed by atoms with Crippen molar-refractivity contribution in [1.29, 1.82) is 0 Å². The van der Waals surface area contributed by atoms with Crippen molar-refractivity contribution in [3.63, 3.8) is 0 Å². The smallest absolute Gasteiger partial charge is 0.291 e. The van der Waals surface area contributed by atoms with Gasteiger partial charge in [-0.1, -0.05) is 0 Å². The number of anilines is 1. The van der Waals surface area contributed by atoms with Gasteiger partial charge in [-0.2, -0.15) is 0 Å². The van der Waals surface area contributed by atoms with Crippen molar-refractivity contribution in [3.05, 3.63) is 40.7 Å². The predicted molar refractivity (Wildman–Crippen MR) is 98.0 cm³/mol. The second-order valence-corrected chi connectivity index (χ2v) is 7.62. The van der Waals surface area contributed by atoms with Crippen molar-refractivity contribution < 1.29 is 14.0 Å². The molecule has 1 aliphatic rings. The fraction of sp³-hybridized carbons (Fsp3) is 0.444. The molecule has 0 radical (unpaired) electrons. The fourth-order valence-corrected chi connectivity index (χ4v) is 4.14. The second kappa shape index (κ2) is 7.41. The molecule has 0 aliphatic carbocycles. The third-order valence-corrected chi connectivity index (χ3v) is 5.72. The van der Waals surface area contributed by atoms with Gasteiger partial charge in [-0.3, -0.25) is 9.59 Å². The van der Waals surface area contributed by atoms with Crippen LogP contribution < -0.4 is 11.1 Å². The number of hydrogen-bond donors (Lipinski definition) is 2. The Morgan fingerprint density at radius 2 is 2.28 bits per heavy atom. The SMILES string of the molecule is Cc1cc(NC(=O)c2ccco2)sc1C(=O)N1CCCC(C(C)N)C1. The molecule has 2 unspecified atom stereocenters. The first-order chi connectivity index (χ1) is 12.0. The summed E-state index contributed by atoms with van der Waals surface area (Å²) in [7, 11) is 0. The summed E-state index contributed by atoms with van der Waals surface area (Å²) in [5, 5.41) is 3.43. The van der Waals surface area contributed by atoms with Crippen LogP contribution in [0.15, 0.2) is 28.9 Å². The lowest BCUT2D eigenvalue weighted by atomic mass is 9.92. The highest BCUT2D eigenvalue weighted by Crippen LogP contribution is 2.30. The highest BCUT2D eigenvalue weighted by atomic mass is 32.1. The largest absolute Gasteiger partial charge is 0.459 e. The molecule has 3 N–H and O–H groups in total. The Bertz CT molecular complexity index is 752. The summed E-state index contributed by atoms with van der Waals surface area (Å²) in [6.07, 6.45) is 3.49. The Labute approximate surface area is 151 Å². The number of nitrogens with two attached hydrogens (primary N) is 1. The van der Waals surface area contributed by atoms with Crippen LogP contribution in [-0.2, 0) is 0 Å². The summed E-state index contributed by atoms with van der Waals surface area (Å²) in [5.41, 5.74) is 6.88. The summed E-state index contributed by atoms with van der Waals surface area (Å²) >= 11 is 1.30. The molecule has 1 saturated heterocycles. The maximum Gasteiger partial charge on any atom is 0.291 e. The van der Waals surface area contributed by atoms with Crippen molar-refractivity contribution in [3.8, 4) is 0 Å². The van der Waals surface area contributed by atoms with Gasteiger partial charge in [0.15, 0.2) is 5.76 Å². The van der Waals surface area contributed by atoms with Gasteiger partial charge in [-0.25, -0.2) is 0 Å². The second-order valence-electron chi connectivity index (χ2n) is 6.57. The first kappa shape index (κ1) is 17.7. The summed E-state index contributed by atoms with van der Waals surface area (Å²) in [6, 6.07) is 5.17. The topological polar surface area (TPSA) is 88.6 Å². The minimum absolute atomic E-state index is 0.0198. The van der Waals surface area contributed by atoms with Gasteiger partial charge < -0.3 is 20.4 Å². The van der Waals surface area contributed by atoms with Gasteiger partial charge in [0.05, 0.1) is 16.1 Å². The molecular weight excluding hydrogens is 338 g/mol. The number of nitrogens with one attached hydrogen (secondary N) is 1. The van der Waals surface area contributed by atoms with Crippen LogP contribution in [-0.4, -0.2) is 35.8 Å². The Morgan fingerprint density at radius 3 is 2.96 bits per heavy atom. The number of aryl methyl sites for hydroxylation is 1. The van der Waals surface area contributed by atoms with E-state index >= 15 is 0 Å². The van der Waals surface area contributed by atoms with Gasteiger partial charge in [0, 0.05) is 19.1 Å². The molecule has 6 nitrogen and oxygen atoms in total. The molecule has 2 aromatic heterocycles. The lowest BCUT2D eigenvalue weighted by Crippen LogP contribution is -2.45. The quantitative estimate of drug-likeness (QED) is 0.876. The van der Waals surface area contributed by atoms with E-state index in [0.717, 1.165) is 24.9 Å². The molecule has 0 aromatic carbocycles. The van der Waals surface area contributed by atoms with E-state index in [4.69, 9.17) is 10.2 Å². The number of thiophene rings is 1. The molecule has 3 rings (SSSR count). The van der Waals surface area contributed by atoms with Crippen LogP contribution in [0, 0.1) is 12.8 Å². The van der Waals surface area contributed by atoms with E-state index in [-0.39, 0.29) is 23.6 Å². The minimum Gasteiger partial charge on any atom is -0.459 e. The molecule has 7 heteroatoms. The van der Waals surface area contributed by atoms with Gasteiger partial charge in [0.2, 0.25) is 0 Å². The third-order valence-electron chi connectivity index (χ3n) is 4.58. The van der Waals surface area contributed by atoms with Crippen molar-refractivity contribution in [1.82, 2.24) is 4.90 Å².